The minimum atomic E-state index is -1.22. The summed E-state index contributed by atoms with van der Waals surface area (Å²) in [5.74, 6) is -0.954. The van der Waals surface area contributed by atoms with Gasteiger partial charge in [0.25, 0.3) is 0 Å². The van der Waals surface area contributed by atoms with Crippen molar-refractivity contribution in [1.82, 2.24) is 9.80 Å². The molecule has 2 aliphatic rings. The average Bonchev–Trinajstić information content (AvgIpc) is 2.82. The molecule has 2 aliphatic heterocycles. The van der Waals surface area contributed by atoms with E-state index in [2.05, 4.69) is 15.9 Å². The Morgan fingerprint density at radius 3 is 2.39 bits per heavy atom. The number of rotatable bonds is 7. The van der Waals surface area contributed by atoms with E-state index in [-0.39, 0.29) is 44.2 Å². The first-order valence-corrected chi connectivity index (χ1v) is 12.0. The number of piperazine rings is 1. The van der Waals surface area contributed by atoms with Crippen molar-refractivity contribution in [3.05, 3.63) is 63.9 Å². The summed E-state index contributed by atoms with van der Waals surface area (Å²) in [6.45, 7) is 1.96. The number of aliphatic carboxylic acids is 1. The predicted octanol–water partition coefficient (Wildman–Crippen LogP) is 3.87. The van der Waals surface area contributed by atoms with Crippen LogP contribution in [-0.2, 0) is 9.59 Å². The molecule has 190 valence electrons. The fourth-order valence-electron chi connectivity index (χ4n) is 4.65. The van der Waals surface area contributed by atoms with Crippen molar-refractivity contribution in [3.63, 3.8) is 0 Å². The van der Waals surface area contributed by atoms with E-state index in [4.69, 9.17) is 9.47 Å². The minimum Gasteiger partial charge on any atom is -0.490 e. The first kappa shape index (κ1) is 25.5. The van der Waals surface area contributed by atoms with Crippen LogP contribution in [0.3, 0.4) is 0 Å². The molecule has 2 bridgehead atoms. The first-order chi connectivity index (χ1) is 17.2. The Labute approximate surface area is 214 Å². The van der Waals surface area contributed by atoms with E-state index < -0.39 is 30.0 Å². The van der Waals surface area contributed by atoms with E-state index in [0.29, 0.717) is 27.1 Å². The van der Waals surface area contributed by atoms with Crippen LogP contribution in [0.25, 0.3) is 5.57 Å². The largest absolute Gasteiger partial charge is 0.490 e. The van der Waals surface area contributed by atoms with E-state index >= 15 is 0 Å². The van der Waals surface area contributed by atoms with Crippen molar-refractivity contribution in [1.29, 1.82) is 0 Å². The number of ether oxygens (including phenoxy) is 2. The molecular weight excluding hydrogens is 539 g/mol. The summed E-state index contributed by atoms with van der Waals surface area (Å²) in [4.78, 5) is 38.7. The van der Waals surface area contributed by atoms with Gasteiger partial charge in [0.1, 0.15) is 30.5 Å². The number of hydrogen-bond acceptors (Lipinski definition) is 5. The number of benzene rings is 2. The molecule has 0 saturated carbocycles. The Balaban J connectivity index is 1.49. The van der Waals surface area contributed by atoms with Gasteiger partial charge in [-0.15, -0.1) is 0 Å². The van der Waals surface area contributed by atoms with Gasteiger partial charge in [0, 0.05) is 26.1 Å². The maximum absolute atomic E-state index is 13.4. The molecule has 9 nitrogen and oxygen atoms in total. The smallest absolute Gasteiger partial charge is 0.408 e. The van der Waals surface area contributed by atoms with Gasteiger partial charge in [-0.2, -0.15) is 0 Å². The van der Waals surface area contributed by atoms with Crippen LogP contribution >= 0.6 is 15.9 Å². The number of nitrogens with zero attached hydrogens (tertiary/aromatic N) is 2. The summed E-state index contributed by atoms with van der Waals surface area (Å²) >= 11 is 3.29. The number of halogens is 2. The van der Waals surface area contributed by atoms with E-state index in [1.54, 1.807) is 30.3 Å². The number of carboxylic acid groups (broad SMARTS) is 2. The third-order valence-electron chi connectivity index (χ3n) is 6.25. The van der Waals surface area contributed by atoms with Crippen LogP contribution in [0.2, 0.25) is 0 Å². The molecule has 0 radical (unpaired) electrons. The fourth-order valence-corrected chi connectivity index (χ4v) is 5.01. The zero-order valence-corrected chi connectivity index (χ0v) is 20.9. The normalized spacial score (nSPS) is 19.2. The lowest BCUT2D eigenvalue weighted by Gasteiger charge is -2.49. The molecule has 2 aromatic carbocycles. The highest BCUT2D eigenvalue weighted by Crippen LogP contribution is 2.39. The second-order valence-electron chi connectivity index (χ2n) is 8.48. The summed E-state index contributed by atoms with van der Waals surface area (Å²) in [6, 6.07) is 9.49. The van der Waals surface area contributed by atoms with Crippen molar-refractivity contribution in [2.75, 3.05) is 26.3 Å². The molecule has 1 saturated heterocycles. The monoisotopic (exact) mass is 562 g/mol. The van der Waals surface area contributed by atoms with Gasteiger partial charge in [-0.1, -0.05) is 12.1 Å². The second-order valence-corrected chi connectivity index (χ2v) is 9.34. The maximum Gasteiger partial charge on any atom is 0.408 e. The predicted molar refractivity (Wildman–Crippen MR) is 130 cm³/mol. The van der Waals surface area contributed by atoms with Crippen LogP contribution in [0.5, 0.6) is 11.5 Å². The minimum absolute atomic E-state index is 0.00805. The highest BCUT2D eigenvalue weighted by atomic mass is 79.9. The van der Waals surface area contributed by atoms with Crippen LogP contribution in [-0.4, -0.2) is 76.4 Å². The number of carbonyl (C=O) groups is 3. The van der Waals surface area contributed by atoms with Gasteiger partial charge in [0.15, 0.2) is 0 Å². The van der Waals surface area contributed by atoms with Crippen molar-refractivity contribution >= 4 is 39.5 Å². The Kier molecular flexibility index (Phi) is 7.48. The summed E-state index contributed by atoms with van der Waals surface area (Å²) < 4.78 is 25.2. The molecule has 2 atom stereocenters. The van der Waals surface area contributed by atoms with Crippen LogP contribution in [0.1, 0.15) is 18.9 Å². The van der Waals surface area contributed by atoms with E-state index in [1.165, 1.54) is 24.0 Å². The summed E-state index contributed by atoms with van der Waals surface area (Å²) in [5.41, 5.74) is 1.17. The molecule has 11 heteroatoms. The molecule has 0 spiro atoms. The lowest BCUT2D eigenvalue weighted by Crippen LogP contribution is -2.64. The van der Waals surface area contributed by atoms with Gasteiger partial charge < -0.3 is 24.6 Å². The van der Waals surface area contributed by atoms with Gasteiger partial charge in [-0.3, -0.25) is 9.69 Å². The Hall–Kier alpha value is -3.60. The van der Waals surface area contributed by atoms with Gasteiger partial charge in [-0.25, -0.2) is 14.0 Å². The Bertz CT molecular complexity index is 1220. The molecule has 0 aliphatic carbocycles. The highest BCUT2D eigenvalue weighted by molar-refractivity contribution is 9.10. The standard InChI is InChI=1S/C25H24BrFN2O7/c1-14(30)28-12-17-11-19(23(24(31)32)21(13-28)29(17)25(33)34)15-2-5-18(6-3-15)35-8-9-36-22-10-16(27)4-7-20(22)26/h2-7,10,17,21H,8-9,11-13H2,1H3,(H,31,32)(H,33,34). The number of amides is 2. The third-order valence-corrected chi connectivity index (χ3v) is 6.91. The molecule has 2 N–H and O–H groups in total. The maximum atomic E-state index is 13.4. The Morgan fingerprint density at radius 1 is 1.06 bits per heavy atom. The summed E-state index contributed by atoms with van der Waals surface area (Å²) in [5, 5.41) is 19.7. The number of carboxylic acids is 1. The third kappa shape index (κ3) is 5.30. The van der Waals surface area contributed by atoms with E-state index in [9.17, 15) is 29.0 Å². The molecule has 1 fully saturated rings. The van der Waals surface area contributed by atoms with Crippen molar-refractivity contribution in [2.45, 2.75) is 25.4 Å². The zero-order valence-electron chi connectivity index (χ0n) is 19.3. The van der Waals surface area contributed by atoms with Gasteiger partial charge >= 0.3 is 12.1 Å². The van der Waals surface area contributed by atoms with Crippen LogP contribution in [0, 0.1) is 5.82 Å². The Morgan fingerprint density at radius 2 is 1.75 bits per heavy atom. The molecule has 2 aromatic rings. The molecular formula is C25H24BrFN2O7. The first-order valence-electron chi connectivity index (χ1n) is 11.2. The lowest BCUT2D eigenvalue weighted by atomic mass is 9.82. The zero-order chi connectivity index (χ0) is 26.0. The van der Waals surface area contributed by atoms with Gasteiger partial charge in [-0.05, 0) is 57.8 Å². The van der Waals surface area contributed by atoms with Gasteiger partial charge in [0.05, 0.1) is 22.1 Å². The van der Waals surface area contributed by atoms with Crippen molar-refractivity contribution in [2.24, 2.45) is 0 Å². The van der Waals surface area contributed by atoms with Crippen LogP contribution in [0.15, 0.2) is 52.5 Å². The summed E-state index contributed by atoms with van der Waals surface area (Å²) in [7, 11) is 0. The van der Waals surface area contributed by atoms with Crippen molar-refractivity contribution in [3.8, 4) is 11.5 Å². The molecule has 2 heterocycles. The quantitative estimate of drug-likeness (QED) is 0.492. The number of hydrogen-bond donors (Lipinski definition) is 2. The average molecular weight is 563 g/mol. The second kappa shape index (κ2) is 10.6. The van der Waals surface area contributed by atoms with Crippen molar-refractivity contribution < 1.29 is 38.5 Å². The van der Waals surface area contributed by atoms with Crippen LogP contribution < -0.4 is 9.47 Å². The molecule has 2 unspecified atom stereocenters. The van der Waals surface area contributed by atoms with E-state index in [1.807, 2.05) is 0 Å². The van der Waals surface area contributed by atoms with Gasteiger partial charge in [0.2, 0.25) is 5.91 Å². The fraction of sp³-hybridized carbons (Fsp3) is 0.320. The molecule has 2 amide bonds. The topological polar surface area (TPSA) is 117 Å². The molecule has 36 heavy (non-hydrogen) atoms. The number of fused-ring (bicyclic) bond motifs is 2. The SMILES string of the molecule is CC(=O)N1CC2CC(c3ccc(OCCOc4cc(F)ccc4Br)cc3)=C(C(=O)O)C(C1)N2C(=O)O. The van der Waals surface area contributed by atoms with E-state index in [0.717, 1.165) is 4.90 Å². The molecule has 4 rings (SSSR count). The van der Waals surface area contributed by atoms with Crippen LogP contribution in [0.4, 0.5) is 9.18 Å². The molecule has 0 aromatic heterocycles. The summed E-state index contributed by atoms with van der Waals surface area (Å²) in [6.07, 6.45) is -1.03. The number of carbonyl (C=O) groups excluding carboxylic acids is 1. The highest BCUT2D eigenvalue weighted by Gasteiger charge is 2.47. The lowest BCUT2D eigenvalue weighted by molar-refractivity contribution is -0.137.